The number of benzene rings is 3. The van der Waals surface area contributed by atoms with Crippen LogP contribution in [0.1, 0.15) is 22.8 Å². The van der Waals surface area contributed by atoms with E-state index in [1.807, 2.05) is 48.5 Å². The molecule has 5 rings (SSSR count). The number of hydrogen-bond acceptors (Lipinski definition) is 5. The highest BCUT2D eigenvalue weighted by molar-refractivity contribution is 7.89. The van der Waals surface area contributed by atoms with E-state index < -0.39 is 22.2 Å². The van der Waals surface area contributed by atoms with Crippen molar-refractivity contribution in [3.8, 4) is 11.5 Å². The van der Waals surface area contributed by atoms with Crippen LogP contribution in [-0.2, 0) is 22.9 Å². The highest BCUT2D eigenvalue weighted by atomic mass is 32.2. The molecule has 0 unspecified atom stereocenters. The molecule has 7 heteroatoms. The van der Waals surface area contributed by atoms with E-state index in [0.717, 1.165) is 11.1 Å². The van der Waals surface area contributed by atoms with E-state index in [-0.39, 0.29) is 18.2 Å². The fourth-order valence-electron chi connectivity index (χ4n) is 4.32. The van der Waals surface area contributed by atoms with E-state index in [4.69, 9.17) is 9.47 Å². The Morgan fingerprint density at radius 2 is 1.65 bits per heavy atom. The molecule has 2 atom stereocenters. The molecule has 1 N–H and O–H groups in total. The second kappa shape index (κ2) is 8.00. The number of sulfonamides is 1. The predicted octanol–water partition coefficient (Wildman–Crippen LogP) is 3.31. The number of hydrogen-bond donors (Lipinski definition) is 1. The fourth-order valence-corrected chi connectivity index (χ4v) is 6.19. The molecular formula is C24H23NO5S. The van der Waals surface area contributed by atoms with Gasteiger partial charge in [-0.1, -0.05) is 54.6 Å². The Balaban J connectivity index is 1.51. The van der Waals surface area contributed by atoms with Gasteiger partial charge in [-0.2, -0.15) is 4.31 Å². The molecule has 6 nitrogen and oxygen atoms in total. The lowest BCUT2D eigenvalue weighted by atomic mass is 9.95. The number of fused-ring (bicyclic) bond motifs is 2. The molecule has 0 fully saturated rings. The Kier molecular flexibility index (Phi) is 5.17. The zero-order chi connectivity index (χ0) is 21.4. The van der Waals surface area contributed by atoms with E-state index in [2.05, 4.69) is 0 Å². The van der Waals surface area contributed by atoms with Crippen LogP contribution in [0.2, 0.25) is 0 Å². The van der Waals surface area contributed by atoms with Crippen LogP contribution >= 0.6 is 0 Å². The van der Waals surface area contributed by atoms with Crippen LogP contribution in [0.25, 0.3) is 0 Å². The van der Waals surface area contributed by atoms with Crippen molar-refractivity contribution in [1.29, 1.82) is 0 Å². The molecule has 3 aromatic rings. The normalized spacial score (nSPS) is 21.6. The number of ether oxygens (including phenoxy) is 2. The van der Waals surface area contributed by atoms with Crippen molar-refractivity contribution < 1.29 is 23.0 Å². The first-order valence-electron chi connectivity index (χ1n) is 10.3. The third kappa shape index (κ3) is 3.69. The van der Waals surface area contributed by atoms with Gasteiger partial charge in [0.25, 0.3) is 0 Å². The minimum absolute atomic E-state index is 0.176. The van der Waals surface area contributed by atoms with Crippen LogP contribution in [-0.4, -0.2) is 37.2 Å². The Morgan fingerprint density at radius 1 is 0.903 bits per heavy atom. The highest BCUT2D eigenvalue weighted by Gasteiger charge is 2.43. The average molecular weight is 438 g/mol. The van der Waals surface area contributed by atoms with Crippen LogP contribution < -0.4 is 9.47 Å². The summed E-state index contributed by atoms with van der Waals surface area (Å²) in [4.78, 5) is 0.178. The molecule has 0 aromatic heterocycles. The van der Waals surface area contributed by atoms with Crippen LogP contribution in [0.4, 0.5) is 0 Å². The summed E-state index contributed by atoms with van der Waals surface area (Å²) in [6.45, 7) is 0.461. The summed E-state index contributed by atoms with van der Waals surface area (Å²) in [6.07, 6.45) is -0.00633. The van der Waals surface area contributed by atoms with Crippen molar-refractivity contribution in [3.05, 3.63) is 89.5 Å². The minimum atomic E-state index is -3.75. The lowest BCUT2D eigenvalue weighted by Gasteiger charge is -2.39. The van der Waals surface area contributed by atoms with Gasteiger partial charge in [-0.3, -0.25) is 0 Å². The van der Waals surface area contributed by atoms with Crippen LogP contribution in [0.3, 0.4) is 0 Å². The molecule has 31 heavy (non-hydrogen) atoms. The molecule has 0 radical (unpaired) electrons. The monoisotopic (exact) mass is 437 g/mol. The van der Waals surface area contributed by atoms with Crippen molar-refractivity contribution in [2.24, 2.45) is 0 Å². The van der Waals surface area contributed by atoms with Crippen LogP contribution in [0, 0.1) is 0 Å². The van der Waals surface area contributed by atoms with Gasteiger partial charge < -0.3 is 14.6 Å². The Bertz CT molecular complexity index is 1200. The minimum Gasteiger partial charge on any atom is -0.454 e. The van der Waals surface area contributed by atoms with Gasteiger partial charge in [0.05, 0.1) is 17.0 Å². The standard InChI is InChI=1S/C24H23NO5S/c26-24-19-8-4-5-9-23(19)31(27,28)25(13-12-17-6-2-1-3-7-17)20(24)14-18-10-11-21-22(15-18)30-16-29-21/h1-11,15,20,24,26H,12-14,16H2/t20-,24-/m0/s1. The first-order chi connectivity index (χ1) is 15.0. The van der Waals surface area contributed by atoms with Gasteiger partial charge in [0.1, 0.15) is 0 Å². The molecule has 0 saturated carbocycles. The molecule has 160 valence electrons. The van der Waals surface area contributed by atoms with Gasteiger partial charge in [-0.15, -0.1) is 0 Å². The third-order valence-corrected chi connectivity index (χ3v) is 7.90. The Labute approximate surface area is 181 Å². The molecule has 0 amide bonds. The summed E-state index contributed by atoms with van der Waals surface area (Å²) >= 11 is 0. The third-order valence-electron chi connectivity index (χ3n) is 5.90. The van der Waals surface area contributed by atoms with Crippen molar-refractivity contribution in [2.45, 2.75) is 29.9 Å². The predicted molar refractivity (Wildman–Crippen MR) is 115 cm³/mol. The molecule has 0 spiro atoms. The van der Waals surface area contributed by atoms with Gasteiger partial charge >= 0.3 is 0 Å². The van der Waals surface area contributed by atoms with Gasteiger partial charge in [0.15, 0.2) is 11.5 Å². The lowest BCUT2D eigenvalue weighted by molar-refractivity contribution is 0.0800. The molecule has 2 heterocycles. The number of aliphatic hydroxyl groups is 1. The van der Waals surface area contributed by atoms with E-state index in [1.54, 1.807) is 24.3 Å². The Hall–Kier alpha value is -2.87. The van der Waals surface area contributed by atoms with E-state index >= 15 is 0 Å². The average Bonchev–Trinajstić information content (AvgIpc) is 3.26. The van der Waals surface area contributed by atoms with E-state index in [0.29, 0.717) is 29.9 Å². The van der Waals surface area contributed by atoms with Crippen molar-refractivity contribution >= 4 is 10.0 Å². The molecule has 0 aliphatic carbocycles. The maximum atomic E-state index is 13.5. The summed E-state index contributed by atoms with van der Waals surface area (Å²) in [5.41, 5.74) is 2.38. The summed E-state index contributed by atoms with van der Waals surface area (Å²) < 4.78 is 39.4. The van der Waals surface area contributed by atoms with Crippen LogP contribution in [0.15, 0.2) is 77.7 Å². The summed E-state index contributed by atoms with van der Waals surface area (Å²) in [7, 11) is -3.75. The van der Waals surface area contributed by atoms with Crippen molar-refractivity contribution in [1.82, 2.24) is 4.31 Å². The largest absolute Gasteiger partial charge is 0.454 e. The molecule has 0 saturated heterocycles. The molecule has 2 aliphatic rings. The molecule has 0 bridgehead atoms. The van der Waals surface area contributed by atoms with Crippen molar-refractivity contribution in [2.75, 3.05) is 13.3 Å². The zero-order valence-electron chi connectivity index (χ0n) is 16.8. The molecule has 2 aliphatic heterocycles. The van der Waals surface area contributed by atoms with Gasteiger partial charge in [-0.05, 0) is 42.2 Å². The summed E-state index contributed by atoms with van der Waals surface area (Å²) in [6, 6.07) is 21.4. The summed E-state index contributed by atoms with van der Waals surface area (Å²) in [5, 5.41) is 11.2. The Morgan fingerprint density at radius 3 is 2.48 bits per heavy atom. The smallest absolute Gasteiger partial charge is 0.243 e. The lowest BCUT2D eigenvalue weighted by Crippen LogP contribution is -2.49. The highest BCUT2D eigenvalue weighted by Crippen LogP contribution is 2.39. The summed E-state index contributed by atoms with van der Waals surface area (Å²) in [5.74, 6) is 1.31. The second-order valence-electron chi connectivity index (χ2n) is 7.79. The number of rotatable bonds is 5. The van der Waals surface area contributed by atoms with Crippen LogP contribution in [0.5, 0.6) is 11.5 Å². The second-order valence-corrected chi connectivity index (χ2v) is 9.65. The SMILES string of the molecule is O=S1(=O)c2ccccc2[C@H](O)[C@H](Cc2ccc3c(c2)OCO3)N1CCc1ccccc1. The number of nitrogens with zero attached hydrogens (tertiary/aromatic N) is 1. The topological polar surface area (TPSA) is 76.1 Å². The molecular weight excluding hydrogens is 414 g/mol. The van der Waals surface area contributed by atoms with E-state index in [1.165, 1.54) is 4.31 Å². The maximum Gasteiger partial charge on any atom is 0.243 e. The van der Waals surface area contributed by atoms with Gasteiger partial charge in [-0.25, -0.2) is 8.42 Å². The zero-order valence-corrected chi connectivity index (χ0v) is 17.7. The maximum absolute atomic E-state index is 13.5. The quantitative estimate of drug-likeness (QED) is 0.663. The first kappa shape index (κ1) is 20.1. The van der Waals surface area contributed by atoms with E-state index in [9.17, 15) is 13.5 Å². The van der Waals surface area contributed by atoms with Gasteiger partial charge in [0, 0.05) is 12.1 Å². The first-order valence-corrected chi connectivity index (χ1v) is 11.7. The fraction of sp³-hybridized carbons (Fsp3) is 0.250. The van der Waals surface area contributed by atoms with Gasteiger partial charge in [0.2, 0.25) is 16.8 Å². The van der Waals surface area contributed by atoms with Crippen molar-refractivity contribution in [3.63, 3.8) is 0 Å². The number of aliphatic hydroxyl groups excluding tert-OH is 1. The molecule has 3 aromatic carbocycles.